The van der Waals surface area contributed by atoms with E-state index in [0.717, 1.165) is 28.9 Å². The SMILES string of the molecule is C=CCc1ccccc1OCCOc1ccc(/C=C2\N=C(c3ccccc3)OC2=O)cc1OCC. The Bertz CT molecular complexity index is 1250. The molecule has 0 aromatic heterocycles. The lowest BCUT2D eigenvalue weighted by Gasteiger charge is -2.14. The van der Waals surface area contributed by atoms with Gasteiger partial charge in [-0.05, 0) is 60.9 Å². The van der Waals surface area contributed by atoms with Crippen molar-refractivity contribution in [2.45, 2.75) is 13.3 Å². The Morgan fingerprint density at radius 1 is 0.886 bits per heavy atom. The molecule has 0 amide bonds. The van der Waals surface area contributed by atoms with Gasteiger partial charge < -0.3 is 18.9 Å². The van der Waals surface area contributed by atoms with Crippen LogP contribution in [0.2, 0.25) is 0 Å². The van der Waals surface area contributed by atoms with Gasteiger partial charge in [-0.2, -0.15) is 0 Å². The highest BCUT2D eigenvalue weighted by Crippen LogP contribution is 2.30. The second-order valence-electron chi connectivity index (χ2n) is 7.64. The van der Waals surface area contributed by atoms with Crippen molar-refractivity contribution in [1.29, 1.82) is 0 Å². The largest absolute Gasteiger partial charge is 0.490 e. The average molecular weight is 470 g/mol. The Kier molecular flexibility index (Phi) is 7.96. The van der Waals surface area contributed by atoms with Crippen molar-refractivity contribution in [3.63, 3.8) is 0 Å². The number of carbonyl (C=O) groups excluding carboxylic acids is 1. The maximum atomic E-state index is 12.3. The van der Waals surface area contributed by atoms with E-state index in [9.17, 15) is 4.79 Å². The van der Waals surface area contributed by atoms with E-state index in [4.69, 9.17) is 18.9 Å². The number of cyclic esters (lactones) is 1. The Balaban J connectivity index is 1.43. The van der Waals surface area contributed by atoms with Crippen LogP contribution in [0.25, 0.3) is 6.08 Å². The van der Waals surface area contributed by atoms with Gasteiger partial charge in [0, 0.05) is 5.56 Å². The number of allylic oxidation sites excluding steroid dienone is 1. The van der Waals surface area contributed by atoms with Gasteiger partial charge in [0.15, 0.2) is 17.2 Å². The summed E-state index contributed by atoms with van der Waals surface area (Å²) >= 11 is 0. The fraction of sp³-hybridized carbons (Fsp3) is 0.172. The van der Waals surface area contributed by atoms with Crippen LogP contribution < -0.4 is 14.2 Å². The molecule has 0 radical (unpaired) electrons. The molecule has 3 aromatic carbocycles. The molecule has 1 aliphatic rings. The van der Waals surface area contributed by atoms with Gasteiger partial charge in [-0.25, -0.2) is 9.79 Å². The highest BCUT2D eigenvalue weighted by Gasteiger charge is 2.24. The van der Waals surface area contributed by atoms with Crippen LogP contribution in [0.4, 0.5) is 0 Å². The van der Waals surface area contributed by atoms with Crippen molar-refractivity contribution < 1.29 is 23.7 Å². The number of carbonyl (C=O) groups is 1. The first-order valence-corrected chi connectivity index (χ1v) is 11.5. The highest BCUT2D eigenvalue weighted by atomic mass is 16.6. The zero-order valence-corrected chi connectivity index (χ0v) is 19.6. The van der Waals surface area contributed by atoms with E-state index in [1.165, 1.54) is 0 Å². The van der Waals surface area contributed by atoms with E-state index in [0.29, 0.717) is 37.2 Å². The molecule has 0 fully saturated rings. The van der Waals surface area contributed by atoms with Gasteiger partial charge in [0.25, 0.3) is 0 Å². The molecule has 0 saturated heterocycles. The molecular weight excluding hydrogens is 442 g/mol. The first-order valence-electron chi connectivity index (χ1n) is 11.5. The van der Waals surface area contributed by atoms with Crippen LogP contribution in [-0.4, -0.2) is 31.7 Å². The lowest BCUT2D eigenvalue weighted by molar-refractivity contribution is -0.129. The molecule has 178 valence electrons. The second-order valence-corrected chi connectivity index (χ2v) is 7.64. The van der Waals surface area contributed by atoms with Gasteiger partial charge in [-0.1, -0.05) is 48.5 Å². The Labute approximate surface area is 205 Å². The normalized spacial score (nSPS) is 13.8. The maximum Gasteiger partial charge on any atom is 0.363 e. The van der Waals surface area contributed by atoms with Gasteiger partial charge in [0.05, 0.1) is 6.61 Å². The zero-order valence-electron chi connectivity index (χ0n) is 19.6. The summed E-state index contributed by atoms with van der Waals surface area (Å²) < 4.78 is 22.9. The molecule has 3 aromatic rings. The minimum atomic E-state index is -0.490. The van der Waals surface area contributed by atoms with Gasteiger partial charge >= 0.3 is 5.97 Å². The quantitative estimate of drug-likeness (QED) is 0.158. The molecule has 6 nitrogen and oxygen atoms in total. The van der Waals surface area contributed by atoms with E-state index in [1.54, 1.807) is 6.08 Å². The smallest absolute Gasteiger partial charge is 0.363 e. The van der Waals surface area contributed by atoms with Crippen molar-refractivity contribution in [3.05, 3.63) is 108 Å². The number of aliphatic imine (C=N–C) groups is 1. The third kappa shape index (κ3) is 6.18. The summed E-state index contributed by atoms with van der Waals surface area (Å²) in [7, 11) is 0. The van der Waals surface area contributed by atoms with Crippen LogP contribution in [0.3, 0.4) is 0 Å². The van der Waals surface area contributed by atoms with E-state index in [-0.39, 0.29) is 5.70 Å². The molecule has 0 saturated carbocycles. The Morgan fingerprint density at radius 2 is 1.63 bits per heavy atom. The van der Waals surface area contributed by atoms with Gasteiger partial charge in [0.2, 0.25) is 5.90 Å². The molecule has 0 atom stereocenters. The molecular formula is C29H27NO5. The number of nitrogens with zero attached hydrogens (tertiary/aromatic N) is 1. The first-order chi connectivity index (χ1) is 17.2. The van der Waals surface area contributed by atoms with Crippen LogP contribution >= 0.6 is 0 Å². The first kappa shape index (κ1) is 23.8. The summed E-state index contributed by atoms with van der Waals surface area (Å²) in [5.41, 5.74) is 2.81. The summed E-state index contributed by atoms with van der Waals surface area (Å²) in [5, 5.41) is 0. The predicted octanol–water partition coefficient (Wildman–Crippen LogP) is 5.62. The van der Waals surface area contributed by atoms with E-state index in [2.05, 4.69) is 11.6 Å². The van der Waals surface area contributed by atoms with Gasteiger partial charge in [-0.15, -0.1) is 6.58 Å². The molecule has 0 N–H and O–H groups in total. The summed E-state index contributed by atoms with van der Waals surface area (Å²) in [6, 6.07) is 22.7. The standard InChI is InChI=1S/C29H27NO5/c1-3-10-22-11-8-9-14-25(22)33-17-18-34-26-16-15-21(20-27(26)32-4-2)19-24-29(31)35-28(30-24)23-12-6-5-7-13-23/h3,5-9,11-16,19-20H,1,4,10,17-18H2,2H3/b24-19-. The number of para-hydroxylation sites is 1. The number of rotatable bonds is 11. The summed E-state index contributed by atoms with van der Waals surface area (Å²) in [5.74, 6) is 1.80. The van der Waals surface area contributed by atoms with Crippen molar-refractivity contribution in [2.24, 2.45) is 4.99 Å². The van der Waals surface area contributed by atoms with Crippen LogP contribution in [-0.2, 0) is 16.0 Å². The Hall–Kier alpha value is -4.32. The molecule has 0 aliphatic carbocycles. The monoisotopic (exact) mass is 469 g/mol. The summed E-state index contributed by atoms with van der Waals surface area (Å²) in [4.78, 5) is 16.7. The molecule has 0 unspecified atom stereocenters. The zero-order chi connectivity index (χ0) is 24.5. The minimum absolute atomic E-state index is 0.228. The van der Waals surface area contributed by atoms with E-state index >= 15 is 0 Å². The maximum absolute atomic E-state index is 12.3. The molecule has 35 heavy (non-hydrogen) atoms. The molecule has 1 heterocycles. The van der Waals surface area contributed by atoms with Crippen LogP contribution in [0.1, 0.15) is 23.6 Å². The molecule has 0 spiro atoms. The fourth-order valence-electron chi connectivity index (χ4n) is 3.55. The van der Waals surface area contributed by atoms with E-state index < -0.39 is 5.97 Å². The van der Waals surface area contributed by atoms with Gasteiger partial charge in [0.1, 0.15) is 19.0 Å². The topological polar surface area (TPSA) is 66.3 Å². The molecule has 4 rings (SSSR count). The predicted molar refractivity (Wildman–Crippen MR) is 136 cm³/mol. The third-order valence-corrected chi connectivity index (χ3v) is 5.15. The highest BCUT2D eigenvalue weighted by molar-refractivity contribution is 6.12. The van der Waals surface area contributed by atoms with Crippen molar-refractivity contribution >= 4 is 17.9 Å². The minimum Gasteiger partial charge on any atom is -0.490 e. The van der Waals surface area contributed by atoms with Crippen molar-refractivity contribution in [2.75, 3.05) is 19.8 Å². The Morgan fingerprint density at radius 3 is 2.40 bits per heavy atom. The second kappa shape index (κ2) is 11.7. The van der Waals surface area contributed by atoms with Crippen LogP contribution in [0.15, 0.2) is 96.1 Å². The lowest BCUT2D eigenvalue weighted by atomic mass is 10.1. The average Bonchev–Trinajstić information content (AvgIpc) is 3.24. The van der Waals surface area contributed by atoms with Crippen molar-refractivity contribution in [1.82, 2.24) is 0 Å². The molecule has 6 heteroatoms. The number of hydrogen-bond acceptors (Lipinski definition) is 6. The molecule has 1 aliphatic heterocycles. The summed E-state index contributed by atoms with van der Waals surface area (Å²) in [6.07, 6.45) is 4.26. The van der Waals surface area contributed by atoms with Crippen molar-refractivity contribution in [3.8, 4) is 17.2 Å². The van der Waals surface area contributed by atoms with E-state index in [1.807, 2.05) is 85.8 Å². The lowest BCUT2D eigenvalue weighted by Crippen LogP contribution is -2.10. The van der Waals surface area contributed by atoms with Crippen LogP contribution in [0, 0.1) is 0 Å². The van der Waals surface area contributed by atoms with Crippen LogP contribution in [0.5, 0.6) is 17.2 Å². The number of ether oxygens (including phenoxy) is 4. The summed E-state index contributed by atoms with van der Waals surface area (Å²) in [6.45, 7) is 6.90. The number of hydrogen-bond donors (Lipinski definition) is 0. The number of esters is 1. The number of benzene rings is 3. The van der Waals surface area contributed by atoms with Gasteiger partial charge in [-0.3, -0.25) is 0 Å². The molecule has 0 bridgehead atoms. The fourth-order valence-corrected chi connectivity index (χ4v) is 3.55. The third-order valence-electron chi connectivity index (χ3n) is 5.15.